The first kappa shape index (κ1) is 15.7. The topological polar surface area (TPSA) is 67.4 Å². The molecule has 1 fully saturated rings. The van der Waals surface area contributed by atoms with Crippen molar-refractivity contribution in [1.82, 2.24) is 5.32 Å². The van der Waals surface area contributed by atoms with Crippen molar-refractivity contribution in [2.24, 2.45) is 0 Å². The van der Waals surface area contributed by atoms with Gasteiger partial charge in [0, 0.05) is 27.9 Å². The Labute approximate surface area is 149 Å². The standard InChI is InChI=1S/C19H16N2O3S/c22-18(20-12-5-6-12)10-9-13-7-8-14(25-13)11-17-19(23)21-15-3-1-2-4-16(15)24-17/h1-4,7-12H,5-6H2,(H,20,22)(H,21,23)/b10-9+,17-11-. The molecule has 2 aliphatic rings. The third-order valence-electron chi connectivity index (χ3n) is 3.82. The van der Waals surface area contributed by atoms with Crippen molar-refractivity contribution in [3.8, 4) is 5.75 Å². The predicted octanol–water partition coefficient (Wildman–Crippen LogP) is 3.41. The largest absolute Gasteiger partial charge is 0.449 e. The lowest BCUT2D eigenvalue weighted by atomic mass is 10.2. The van der Waals surface area contributed by atoms with Crippen LogP contribution in [0.15, 0.2) is 48.2 Å². The van der Waals surface area contributed by atoms with Gasteiger partial charge in [-0.2, -0.15) is 0 Å². The summed E-state index contributed by atoms with van der Waals surface area (Å²) in [7, 11) is 0. The Hall–Kier alpha value is -2.86. The summed E-state index contributed by atoms with van der Waals surface area (Å²) in [4.78, 5) is 25.6. The Morgan fingerprint density at radius 2 is 2.00 bits per heavy atom. The molecular weight excluding hydrogens is 336 g/mol. The number of thiophene rings is 1. The number of nitrogens with one attached hydrogen (secondary N) is 2. The van der Waals surface area contributed by atoms with Crippen LogP contribution >= 0.6 is 11.3 Å². The van der Waals surface area contributed by atoms with E-state index >= 15 is 0 Å². The normalized spacial score (nSPS) is 17.9. The van der Waals surface area contributed by atoms with Crippen LogP contribution in [-0.2, 0) is 9.59 Å². The van der Waals surface area contributed by atoms with Gasteiger partial charge in [-0.05, 0) is 43.2 Å². The molecule has 0 bridgehead atoms. The van der Waals surface area contributed by atoms with Gasteiger partial charge in [0.1, 0.15) is 0 Å². The van der Waals surface area contributed by atoms with Gasteiger partial charge in [0.15, 0.2) is 11.5 Å². The lowest BCUT2D eigenvalue weighted by Gasteiger charge is -2.19. The van der Waals surface area contributed by atoms with Crippen molar-refractivity contribution in [3.63, 3.8) is 0 Å². The molecule has 2 heterocycles. The van der Waals surface area contributed by atoms with Crippen LogP contribution in [0.2, 0.25) is 0 Å². The van der Waals surface area contributed by atoms with Gasteiger partial charge < -0.3 is 15.4 Å². The molecule has 1 aromatic carbocycles. The molecule has 126 valence electrons. The Kier molecular flexibility index (Phi) is 4.11. The molecule has 2 aromatic rings. The van der Waals surface area contributed by atoms with Gasteiger partial charge in [0.2, 0.25) is 5.91 Å². The first-order valence-electron chi connectivity index (χ1n) is 8.06. The second-order valence-corrected chi connectivity index (χ2v) is 7.06. The SMILES string of the molecule is O=C(/C=C/c1ccc(/C=C2\Oc3ccccc3NC2=O)s1)NC1CC1. The number of carbonyl (C=O) groups excluding carboxylic acids is 2. The van der Waals surface area contributed by atoms with Crippen LogP contribution in [0.25, 0.3) is 12.2 Å². The van der Waals surface area contributed by atoms with Crippen LogP contribution in [0.1, 0.15) is 22.6 Å². The fourth-order valence-electron chi connectivity index (χ4n) is 2.40. The second-order valence-electron chi connectivity index (χ2n) is 5.92. The van der Waals surface area contributed by atoms with E-state index in [1.807, 2.05) is 30.3 Å². The minimum Gasteiger partial charge on any atom is -0.449 e. The number of hydrogen-bond acceptors (Lipinski definition) is 4. The van der Waals surface area contributed by atoms with Gasteiger partial charge >= 0.3 is 0 Å². The van der Waals surface area contributed by atoms with Gasteiger partial charge in [0.05, 0.1) is 5.69 Å². The van der Waals surface area contributed by atoms with Gasteiger partial charge in [-0.25, -0.2) is 0 Å². The monoisotopic (exact) mass is 352 g/mol. The van der Waals surface area contributed by atoms with Gasteiger partial charge in [-0.15, -0.1) is 11.3 Å². The van der Waals surface area contributed by atoms with E-state index in [0.717, 1.165) is 22.6 Å². The van der Waals surface area contributed by atoms with Crippen LogP contribution in [0.5, 0.6) is 5.75 Å². The summed E-state index contributed by atoms with van der Waals surface area (Å²) in [5.41, 5.74) is 0.668. The molecular formula is C19H16N2O3S. The Balaban J connectivity index is 1.46. The number of benzene rings is 1. The highest BCUT2D eigenvalue weighted by atomic mass is 32.1. The molecule has 25 heavy (non-hydrogen) atoms. The van der Waals surface area contributed by atoms with Crippen LogP contribution < -0.4 is 15.4 Å². The molecule has 0 unspecified atom stereocenters. The quantitative estimate of drug-likeness (QED) is 0.829. The molecule has 1 aromatic heterocycles. The summed E-state index contributed by atoms with van der Waals surface area (Å²) in [6.45, 7) is 0. The number of fused-ring (bicyclic) bond motifs is 1. The zero-order chi connectivity index (χ0) is 17.2. The van der Waals surface area contributed by atoms with Crippen molar-refractivity contribution in [2.45, 2.75) is 18.9 Å². The summed E-state index contributed by atoms with van der Waals surface area (Å²) in [6.07, 6.45) is 7.17. The molecule has 5 nitrogen and oxygen atoms in total. The summed E-state index contributed by atoms with van der Waals surface area (Å²) < 4.78 is 5.68. The van der Waals surface area contributed by atoms with Crippen LogP contribution in [-0.4, -0.2) is 17.9 Å². The highest BCUT2D eigenvalue weighted by Gasteiger charge is 2.22. The summed E-state index contributed by atoms with van der Waals surface area (Å²) in [5, 5.41) is 5.71. The maximum Gasteiger partial charge on any atom is 0.291 e. The van der Waals surface area contributed by atoms with Gasteiger partial charge in [-0.1, -0.05) is 12.1 Å². The van der Waals surface area contributed by atoms with Crippen molar-refractivity contribution < 1.29 is 14.3 Å². The van der Waals surface area contributed by atoms with E-state index in [-0.39, 0.29) is 17.6 Å². The maximum absolute atomic E-state index is 12.1. The van der Waals surface area contributed by atoms with E-state index in [1.165, 1.54) is 11.3 Å². The van der Waals surface area contributed by atoms with Crippen molar-refractivity contribution in [1.29, 1.82) is 0 Å². The van der Waals surface area contributed by atoms with Crippen LogP contribution in [0.3, 0.4) is 0 Å². The number of ether oxygens (including phenoxy) is 1. The number of anilines is 1. The molecule has 2 N–H and O–H groups in total. The number of para-hydroxylation sites is 2. The number of carbonyl (C=O) groups is 2. The minimum atomic E-state index is -0.270. The molecule has 0 spiro atoms. The maximum atomic E-state index is 12.1. The molecule has 0 radical (unpaired) electrons. The average Bonchev–Trinajstić information content (AvgIpc) is 3.30. The van der Waals surface area contributed by atoms with Crippen LogP contribution in [0.4, 0.5) is 5.69 Å². The molecule has 6 heteroatoms. The zero-order valence-corrected chi connectivity index (χ0v) is 14.1. The average molecular weight is 352 g/mol. The lowest BCUT2D eigenvalue weighted by molar-refractivity contribution is -0.116. The number of amides is 2. The predicted molar refractivity (Wildman–Crippen MR) is 98.2 cm³/mol. The molecule has 1 aliphatic carbocycles. The molecule has 0 saturated heterocycles. The number of hydrogen-bond donors (Lipinski definition) is 2. The minimum absolute atomic E-state index is 0.0672. The highest BCUT2D eigenvalue weighted by molar-refractivity contribution is 7.13. The molecule has 0 atom stereocenters. The first-order valence-corrected chi connectivity index (χ1v) is 8.87. The molecule has 1 saturated carbocycles. The van der Waals surface area contributed by atoms with Gasteiger partial charge in [0.25, 0.3) is 5.91 Å². The van der Waals surface area contributed by atoms with Crippen molar-refractivity contribution in [3.05, 3.63) is 58.0 Å². The Morgan fingerprint density at radius 1 is 1.20 bits per heavy atom. The second kappa shape index (κ2) is 6.57. The van der Waals surface area contributed by atoms with E-state index in [2.05, 4.69) is 10.6 Å². The van der Waals surface area contributed by atoms with Crippen LogP contribution in [0, 0.1) is 0 Å². The third-order valence-corrected chi connectivity index (χ3v) is 4.82. The third kappa shape index (κ3) is 3.80. The van der Waals surface area contributed by atoms with Crippen molar-refractivity contribution >= 4 is 41.0 Å². The van der Waals surface area contributed by atoms with E-state index < -0.39 is 0 Å². The van der Waals surface area contributed by atoms with E-state index in [9.17, 15) is 9.59 Å². The fourth-order valence-corrected chi connectivity index (χ4v) is 3.25. The van der Waals surface area contributed by atoms with E-state index in [0.29, 0.717) is 17.5 Å². The number of rotatable bonds is 4. The summed E-state index contributed by atoms with van der Waals surface area (Å²) >= 11 is 1.48. The summed E-state index contributed by atoms with van der Waals surface area (Å²) in [5.74, 6) is 0.541. The molecule has 4 rings (SSSR count). The van der Waals surface area contributed by atoms with Gasteiger partial charge in [-0.3, -0.25) is 9.59 Å². The van der Waals surface area contributed by atoms with E-state index in [1.54, 1.807) is 24.3 Å². The first-order chi connectivity index (χ1) is 12.2. The Bertz CT molecular complexity index is 894. The lowest BCUT2D eigenvalue weighted by Crippen LogP contribution is -2.23. The van der Waals surface area contributed by atoms with E-state index in [4.69, 9.17) is 4.74 Å². The van der Waals surface area contributed by atoms with Crippen molar-refractivity contribution in [2.75, 3.05) is 5.32 Å². The molecule has 1 aliphatic heterocycles. The Morgan fingerprint density at radius 3 is 2.84 bits per heavy atom. The smallest absolute Gasteiger partial charge is 0.291 e. The zero-order valence-electron chi connectivity index (χ0n) is 13.3. The molecule has 2 amide bonds. The fraction of sp³-hybridized carbons (Fsp3) is 0.158. The highest BCUT2D eigenvalue weighted by Crippen LogP contribution is 2.31. The summed E-state index contributed by atoms with van der Waals surface area (Å²) in [6, 6.07) is 11.5.